The Bertz CT molecular complexity index is 667. The average Bonchev–Trinajstić information content (AvgIpc) is 2.77. The van der Waals surface area contributed by atoms with Gasteiger partial charge in [0.25, 0.3) is 0 Å². The maximum absolute atomic E-state index is 12.0. The van der Waals surface area contributed by atoms with E-state index in [1.54, 1.807) is 4.57 Å². The lowest BCUT2D eigenvalue weighted by atomic mass is 9.87. The number of aryl methyl sites for hydroxylation is 1. The van der Waals surface area contributed by atoms with E-state index in [0.717, 1.165) is 30.8 Å². The predicted octanol–water partition coefficient (Wildman–Crippen LogP) is 3.23. The van der Waals surface area contributed by atoms with Gasteiger partial charge in [-0.2, -0.15) is 11.8 Å². The molecule has 2 aromatic rings. The minimum atomic E-state index is -0.259. The van der Waals surface area contributed by atoms with E-state index in [9.17, 15) is 4.79 Å². The molecule has 0 aliphatic rings. The van der Waals surface area contributed by atoms with Gasteiger partial charge in [-0.15, -0.1) is 0 Å². The lowest BCUT2D eigenvalue weighted by Crippen LogP contribution is -2.22. The molecule has 0 aliphatic heterocycles. The molecule has 22 heavy (non-hydrogen) atoms. The van der Waals surface area contributed by atoms with Gasteiger partial charge in [0.05, 0.1) is 5.52 Å². The van der Waals surface area contributed by atoms with Crippen LogP contribution in [0.1, 0.15) is 32.8 Å². The van der Waals surface area contributed by atoms with E-state index in [4.69, 9.17) is 4.42 Å². The summed E-state index contributed by atoms with van der Waals surface area (Å²) in [6, 6.07) is 6.03. The van der Waals surface area contributed by atoms with Gasteiger partial charge in [-0.3, -0.25) is 4.57 Å². The van der Waals surface area contributed by atoms with Crippen LogP contribution in [0.15, 0.2) is 27.4 Å². The second-order valence-electron chi connectivity index (χ2n) is 6.55. The Hall–Kier alpha value is -1.20. The fourth-order valence-electron chi connectivity index (χ4n) is 2.40. The third kappa shape index (κ3) is 4.17. The van der Waals surface area contributed by atoms with Crippen LogP contribution in [0.25, 0.3) is 11.1 Å². The SMILES string of the molecule is CSCCNCCCn1c(=O)oc2ccc(C(C)(C)C)cc21. The zero-order chi connectivity index (χ0) is 16.2. The summed E-state index contributed by atoms with van der Waals surface area (Å²) in [6.07, 6.45) is 3.02. The summed E-state index contributed by atoms with van der Waals surface area (Å²) in [5, 5.41) is 3.39. The molecule has 0 radical (unpaired) electrons. The van der Waals surface area contributed by atoms with Gasteiger partial charge in [-0.1, -0.05) is 26.8 Å². The summed E-state index contributed by atoms with van der Waals surface area (Å²) in [5.41, 5.74) is 2.86. The first kappa shape index (κ1) is 17.2. The van der Waals surface area contributed by atoms with Crippen LogP contribution in [0.3, 0.4) is 0 Å². The molecule has 0 atom stereocenters. The van der Waals surface area contributed by atoms with Gasteiger partial charge in [0, 0.05) is 18.8 Å². The molecule has 1 heterocycles. The van der Waals surface area contributed by atoms with E-state index in [1.165, 1.54) is 5.56 Å². The molecule has 5 heteroatoms. The van der Waals surface area contributed by atoms with Crippen molar-refractivity contribution in [3.8, 4) is 0 Å². The molecule has 0 aliphatic carbocycles. The van der Waals surface area contributed by atoms with Gasteiger partial charge in [-0.05, 0) is 42.3 Å². The Labute approximate surface area is 136 Å². The topological polar surface area (TPSA) is 47.2 Å². The quantitative estimate of drug-likeness (QED) is 0.795. The standard InChI is InChI=1S/C17H26N2O2S/c1-17(2,3)13-6-7-15-14(12-13)19(16(20)21-15)10-5-8-18-9-11-22-4/h6-7,12,18H,5,8-11H2,1-4H3. The molecule has 0 bridgehead atoms. The number of hydrogen-bond donors (Lipinski definition) is 1. The summed E-state index contributed by atoms with van der Waals surface area (Å²) in [7, 11) is 0. The molecule has 0 unspecified atom stereocenters. The number of rotatable bonds is 7. The van der Waals surface area contributed by atoms with Crippen LogP contribution in [0, 0.1) is 0 Å². The molecule has 0 amide bonds. The Balaban J connectivity index is 2.11. The third-order valence-electron chi connectivity index (χ3n) is 3.75. The molecule has 0 saturated carbocycles. The molecule has 122 valence electrons. The summed E-state index contributed by atoms with van der Waals surface area (Å²) in [6.45, 7) is 9.13. The van der Waals surface area contributed by atoms with Crippen molar-refractivity contribution >= 4 is 22.9 Å². The molecule has 4 nitrogen and oxygen atoms in total. The van der Waals surface area contributed by atoms with Gasteiger partial charge < -0.3 is 9.73 Å². The average molecular weight is 322 g/mol. The number of nitrogens with zero attached hydrogens (tertiary/aromatic N) is 1. The van der Waals surface area contributed by atoms with E-state index >= 15 is 0 Å². The first-order chi connectivity index (χ1) is 10.4. The van der Waals surface area contributed by atoms with Crippen molar-refractivity contribution in [1.82, 2.24) is 9.88 Å². The lowest BCUT2D eigenvalue weighted by Gasteiger charge is -2.18. The van der Waals surface area contributed by atoms with Crippen molar-refractivity contribution in [3.05, 3.63) is 34.3 Å². The van der Waals surface area contributed by atoms with E-state index in [2.05, 4.69) is 38.4 Å². The van der Waals surface area contributed by atoms with Crippen molar-refractivity contribution in [2.24, 2.45) is 0 Å². The van der Waals surface area contributed by atoms with Crippen LogP contribution >= 0.6 is 11.8 Å². The van der Waals surface area contributed by atoms with Gasteiger partial charge in [0.1, 0.15) is 0 Å². The second-order valence-corrected chi connectivity index (χ2v) is 7.53. The lowest BCUT2D eigenvalue weighted by molar-refractivity contribution is 0.492. The number of aromatic nitrogens is 1. The van der Waals surface area contributed by atoms with E-state index in [-0.39, 0.29) is 11.2 Å². The minimum absolute atomic E-state index is 0.0612. The van der Waals surface area contributed by atoms with Crippen LogP contribution in [-0.2, 0) is 12.0 Å². The number of hydrogen-bond acceptors (Lipinski definition) is 4. The van der Waals surface area contributed by atoms with Crippen LogP contribution in [0.5, 0.6) is 0 Å². The number of oxazole rings is 1. The van der Waals surface area contributed by atoms with Crippen molar-refractivity contribution in [2.45, 2.75) is 39.2 Å². The highest BCUT2D eigenvalue weighted by Crippen LogP contribution is 2.25. The van der Waals surface area contributed by atoms with E-state index < -0.39 is 0 Å². The number of thioether (sulfide) groups is 1. The van der Waals surface area contributed by atoms with Crippen LogP contribution in [0.2, 0.25) is 0 Å². The zero-order valence-corrected chi connectivity index (χ0v) is 14.8. The van der Waals surface area contributed by atoms with E-state index in [1.807, 2.05) is 23.9 Å². The Morgan fingerprint density at radius 2 is 2.05 bits per heavy atom. The molecule has 1 aromatic carbocycles. The monoisotopic (exact) mass is 322 g/mol. The molecule has 2 rings (SSSR count). The largest absolute Gasteiger partial charge is 0.419 e. The zero-order valence-electron chi connectivity index (χ0n) is 13.9. The smallest absolute Gasteiger partial charge is 0.408 e. The Morgan fingerprint density at radius 1 is 1.27 bits per heavy atom. The fraction of sp³-hybridized carbons (Fsp3) is 0.588. The maximum Gasteiger partial charge on any atom is 0.419 e. The van der Waals surface area contributed by atoms with Crippen molar-refractivity contribution in [2.75, 3.05) is 25.1 Å². The molecule has 0 saturated heterocycles. The molecular weight excluding hydrogens is 296 g/mol. The highest BCUT2D eigenvalue weighted by atomic mass is 32.2. The molecule has 1 N–H and O–H groups in total. The number of nitrogens with one attached hydrogen (secondary N) is 1. The summed E-state index contributed by atoms with van der Waals surface area (Å²) in [4.78, 5) is 12.0. The molecule has 0 spiro atoms. The maximum atomic E-state index is 12.0. The fourth-order valence-corrected chi connectivity index (χ4v) is 2.75. The Morgan fingerprint density at radius 3 is 2.73 bits per heavy atom. The summed E-state index contributed by atoms with van der Waals surface area (Å²) < 4.78 is 7.10. The van der Waals surface area contributed by atoms with E-state index in [0.29, 0.717) is 12.1 Å². The van der Waals surface area contributed by atoms with Gasteiger partial charge in [0.2, 0.25) is 0 Å². The summed E-state index contributed by atoms with van der Waals surface area (Å²) >= 11 is 1.83. The van der Waals surface area contributed by atoms with Gasteiger partial charge in [-0.25, -0.2) is 4.79 Å². The normalized spacial score (nSPS) is 12.2. The third-order valence-corrected chi connectivity index (χ3v) is 4.36. The predicted molar refractivity (Wildman–Crippen MR) is 95.0 cm³/mol. The first-order valence-electron chi connectivity index (χ1n) is 7.77. The van der Waals surface area contributed by atoms with Crippen LogP contribution in [-0.4, -0.2) is 29.7 Å². The molecule has 0 fully saturated rings. The second kappa shape index (κ2) is 7.38. The molecule has 1 aromatic heterocycles. The highest BCUT2D eigenvalue weighted by molar-refractivity contribution is 7.98. The van der Waals surface area contributed by atoms with Gasteiger partial charge in [0.15, 0.2) is 5.58 Å². The van der Waals surface area contributed by atoms with Crippen molar-refractivity contribution < 1.29 is 4.42 Å². The van der Waals surface area contributed by atoms with Gasteiger partial charge >= 0.3 is 5.76 Å². The molecular formula is C17H26N2O2S. The van der Waals surface area contributed by atoms with Crippen LogP contribution < -0.4 is 11.1 Å². The van der Waals surface area contributed by atoms with Crippen molar-refractivity contribution in [3.63, 3.8) is 0 Å². The summed E-state index contributed by atoms with van der Waals surface area (Å²) in [5.74, 6) is 0.856. The highest BCUT2D eigenvalue weighted by Gasteiger charge is 2.16. The number of fused-ring (bicyclic) bond motifs is 1. The number of benzene rings is 1. The minimum Gasteiger partial charge on any atom is -0.408 e. The first-order valence-corrected chi connectivity index (χ1v) is 9.16. The Kier molecular flexibility index (Phi) is 5.75. The van der Waals surface area contributed by atoms with Crippen LogP contribution in [0.4, 0.5) is 0 Å². The van der Waals surface area contributed by atoms with Crippen molar-refractivity contribution in [1.29, 1.82) is 0 Å².